The molecule has 2 heterocycles. The van der Waals surface area contributed by atoms with Crippen molar-refractivity contribution in [2.45, 2.75) is 32.8 Å². The Morgan fingerprint density at radius 1 is 1.22 bits per heavy atom. The predicted octanol–water partition coefficient (Wildman–Crippen LogP) is 4.11. The van der Waals surface area contributed by atoms with Crippen molar-refractivity contribution in [1.29, 1.82) is 0 Å². The molecule has 1 aliphatic rings. The van der Waals surface area contributed by atoms with Crippen LogP contribution in [0.25, 0.3) is 11.1 Å². The van der Waals surface area contributed by atoms with E-state index in [1.165, 1.54) is 11.3 Å². The van der Waals surface area contributed by atoms with E-state index in [1.807, 2.05) is 36.6 Å². The van der Waals surface area contributed by atoms with Gasteiger partial charge in [0.1, 0.15) is 22.4 Å². The van der Waals surface area contributed by atoms with Gasteiger partial charge in [0.15, 0.2) is 0 Å². The molecule has 0 unspecified atom stereocenters. The molecule has 144 valence electrons. The maximum Gasteiger partial charge on any atom is 0.341 e. The molecular formula is C20H23NO5S. The van der Waals surface area contributed by atoms with E-state index in [0.717, 1.165) is 23.3 Å². The second-order valence-corrected chi connectivity index (χ2v) is 6.90. The van der Waals surface area contributed by atoms with Gasteiger partial charge < -0.3 is 19.5 Å². The normalized spacial score (nSPS) is 16.1. The number of carbonyl (C=O) groups excluding carboxylic acids is 2. The number of benzene rings is 1. The second kappa shape index (κ2) is 9.01. The quantitative estimate of drug-likeness (QED) is 0.722. The van der Waals surface area contributed by atoms with Crippen molar-refractivity contribution in [2.24, 2.45) is 0 Å². The average molecular weight is 389 g/mol. The Hall–Kier alpha value is -2.38. The molecule has 2 aromatic rings. The van der Waals surface area contributed by atoms with Gasteiger partial charge in [0.25, 0.3) is 5.91 Å². The molecule has 1 N–H and O–H groups in total. The molecule has 6 nitrogen and oxygen atoms in total. The zero-order valence-electron chi connectivity index (χ0n) is 15.4. The minimum Gasteiger partial charge on any atom is -0.494 e. The number of thiophene rings is 1. The maximum absolute atomic E-state index is 12.6. The smallest absolute Gasteiger partial charge is 0.341 e. The monoisotopic (exact) mass is 389 g/mol. The van der Waals surface area contributed by atoms with Crippen LogP contribution < -0.4 is 10.1 Å². The van der Waals surface area contributed by atoms with Gasteiger partial charge in [-0.1, -0.05) is 12.1 Å². The SMILES string of the molecule is CCOC(=O)c1c(-c2ccc(OCC)cc2)csc1NC(=O)[C@@H]1CCCO1. The highest BCUT2D eigenvalue weighted by Crippen LogP contribution is 2.37. The fourth-order valence-electron chi connectivity index (χ4n) is 2.94. The summed E-state index contributed by atoms with van der Waals surface area (Å²) < 4.78 is 16.1. The van der Waals surface area contributed by atoms with Crippen molar-refractivity contribution < 1.29 is 23.8 Å². The van der Waals surface area contributed by atoms with Gasteiger partial charge in [-0.2, -0.15) is 0 Å². The van der Waals surface area contributed by atoms with E-state index < -0.39 is 12.1 Å². The molecular weight excluding hydrogens is 366 g/mol. The van der Waals surface area contributed by atoms with Gasteiger partial charge in [0.05, 0.1) is 13.2 Å². The lowest BCUT2D eigenvalue weighted by atomic mass is 10.0. The predicted molar refractivity (Wildman–Crippen MR) is 104 cm³/mol. The summed E-state index contributed by atoms with van der Waals surface area (Å²) in [4.78, 5) is 25.0. The number of carbonyl (C=O) groups is 2. The number of nitrogens with one attached hydrogen (secondary N) is 1. The molecule has 1 aliphatic heterocycles. The van der Waals surface area contributed by atoms with Crippen molar-refractivity contribution >= 4 is 28.2 Å². The van der Waals surface area contributed by atoms with Gasteiger partial charge in [0, 0.05) is 17.6 Å². The molecule has 27 heavy (non-hydrogen) atoms. The van der Waals surface area contributed by atoms with Crippen molar-refractivity contribution in [3.63, 3.8) is 0 Å². The van der Waals surface area contributed by atoms with E-state index in [0.29, 0.717) is 30.2 Å². The third-order valence-corrected chi connectivity index (χ3v) is 5.10. The molecule has 1 aromatic carbocycles. The summed E-state index contributed by atoms with van der Waals surface area (Å²) in [5, 5.41) is 5.18. The Kier molecular flexibility index (Phi) is 6.47. The third-order valence-electron chi connectivity index (χ3n) is 4.21. The molecule has 1 amide bonds. The number of anilines is 1. The summed E-state index contributed by atoms with van der Waals surface area (Å²) in [6, 6.07) is 7.50. The highest BCUT2D eigenvalue weighted by Gasteiger charge is 2.27. The van der Waals surface area contributed by atoms with Gasteiger partial charge in [-0.25, -0.2) is 4.79 Å². The molecule has 3 rings (SSSR count). The van der Waals surface area contributed by atoms with Crippen LogP contribution in [0.1, 0.15) is 37.0 Å². The molecule has 7 heteroatoms. The van der Waals surface area contributed by atoms with Crippen LogP contribution in [0.3, 0.4) is 0 Å². The van der Waals surface area contributed by atoms with Crippen LogP contribution in [0, 0.1) is 0 Å². The van der Waals surface area contributed by atoms with Crippen LogP contribution in [-0.4, -0.2) is 37.8 Å². The van der Waals surface area contributed by atoms with Crippen molar-refractivity contribution in [2.75, 3.05) is 25.1 Å². The first kappa shape index (κ1) is 19.4. The van der Waals surface area contributed by atoms with Crippen molar-refractivity contribution in [1.82, 2.24) is 0 Å². The lowest BCUT2D eigenvalue weighted by molar-refractivity contribution is -0.124. The minimum atomic E-state index is -0.462. The highest BCUT2D eigenvalue weighted by molar-refractivity contribution is 7.15. The van der Waals surface area contributed by atoms with Crippen molar-refractivity contribution in [3.8, 4) is 16.9 Å². The molecule has 0 spiro atoms. The summed E-state index contributed by atoms with van der Waals surface area (Å²) in [6.07, 6.45) is 1.10. The molecule has 0 radical (unpaired) electrons. The minimum absolute atomic E-state index is 0.224. The Bertz CT molecular complexity index is 793. The van der Waals surface area contributed by atoms with E-state index in [-0.39, 0.29) is 12.5 Å². The lowest BCUT2D eigenvalue weighted by Crippen LogP contribution is -2.27. The largest absolute Gasteiger partial charge is 0.494 e. The number of hydrogen-bond acceptors (Lipinski definition) is 6. The molecule has 1 aromatic heterocycles. The molecule has 1 saturated heterocycles. The maximum atomic E-state index is 12.6. The van der Waals surface area contributed by atoms with Crippen LogP contribution in [0.15, 0.2) is 29.6 Å². The van der Waals surface area contributed by atoms with Gasteiger partial charge in [-0.3, -0.25) is 4.79 Å². The van der Waals surface area contributed by atoms with E-state index >= 15 is 0 Å². The third kappa shape index (κ3) is 4.48. The van der Waals surface area contributed by atoms with Gasteiger partial charge in [-0.05, 0) is 44.4 Å². The van der Waals surface area contributed by atoms with E-state index in [4.69, 9.17) is 14.2 Å². The number of rotatable bonds is 7. The van der Waals surface area contributed by atoms with Crippen LogP contribution in [0.5, 0.6) is 5.75 Å². The fourth-order valence-corrected chi connectivity index (χ4v) is 3.90. The fraction of sp³-hybridized carbons (Fsp3) is 0.400. The van der Waals surface area contributed by atoms with Crippen LogP contribution in [-0.2, 0) is 14.3 Å². The van der Waals surface area contributed by atoms with Crippen LogP contribution >= 0.6 is 11.3 Å². The number of amides is 1. The number of esters is 1. The van der Waals surface area contributed by atoms with Gasteiger partial charge in [0.2, 0.25) is 0 Å². The summed E-state index contributed by atoms with van der Waals surface area (Å²) in [6.45, 7) is 5.12. The first-order valence-corrected chi connectivity index (χ1v) is 9.96. The summed E-state index contributed by atoms with van der Waals surface area (Å²) >= 11 is 1.31. The topological polar surface area (TPSA) is 73.9 Å². The molecule has 1 atom stereocenters. The summed E-state index contributed by atoms with van der Waals surface area (Å²) in [7, 11) is 0. The summed E-state index contributed by atoms with van der Waals surface area (Å²) in [5.41, 5.74) is 1.96. The Morgan fingerprint density at radius 2 is 2.00 bits per heavy atom. The van der Waals surface area contributed by atoms with Crippen molar-refractivity contribution in [3.05, 3.63) is 35.2 Å². The molecule has 0 aliphatic carbocycles. The molecule has 0 saturated carbocycles. The van der Waals surface area contributed by atoms with Crippen LogP contribution in [0.4, 0.5) is 5.00 Å². The Morgan fingerprint density at radius 3 is 2.63 bits per heavy atom. The van der Waals surface area contributed by atoms with Gasteiger partial charge >= 0.3 is 5.97 Å². The first-order valence-electron chi connectivity index (χ1n) is 9.08. The first-order chi connectivity index (χ1) is 13.1. The average Bonchev–Trinajstić information content (AvgIpc) is 3.33. The molecule has 1 fully saturated rings. The zero-order chi connectivity index (χ0) is 19.2. The van der Waals surface area contributed by atoms with Crippen LogP contribution in [0.2, 0.25) is 0 Å². The highest BCUT2D eigenvalue weighted by atomic mass is 32.1. The zero-order valence-corrected chi connectivity index (χ0v) is 16.3. The second-order valence-electron chi connectivity index (χ2n) is 6.02. The Labute approximate surface area is 162 Å². The van der Waals surface area contributed by atoms with E-state index in [2.05, 4.69) is 5.32 Å². The molecule has 0 bridgehead atoms. The van der Waals surface area contributed by atoms with E-state index in [1.54, 1.807) is 6.92 Å². The Balaban J connectivity index is 1.90. The number of hydrogen-bond donors (Lipinski definition) is 1. The number of ether oxygens (including phenoxy) is 3. The summed E-state index contributed by atoms with van der Waals surface area (Å²) in [5.74, 6) is 0.0875. The lowest BCUT2D eigenvalue weighted by Gasteiger charge is -2.12. The van der Waals surface area contributed by atoms with E-state index in [9.17, 15) is 9.59 Å². The van der Waals surface area contributed by atoms with Gasteiger partial charge in [-0.15, -0.1) is 11.3 Å². The standard InChI is InChI=1S/C20H23NO5S/c1-3-24-14-9-7-13(8-10-14)15-12-27-19(17(15)20(23)25-4-2)21-18(22)16-6-5-11-26-16/h7-10,12,16H,3-6,11H2,1-2H3,(H,21,22)/t16-/m0/s1.